The second-order valence-corrected chi connectivity index (χ2v) is 6.89. The Hall–Kier alpha value is -2.77. The highest BCUT2D eigenvalue weighted by Gasteiger charge is 2.32. The van der Waals surface area contributed by atoms with Crippen LogP contribution in [-0.4, -0.2) is 43.3 Å². The largest absolute Gasteiger partial charge is 0.483 e. The summed E-state index contributed by atoms with van der Waals surface area (Å²) in [5.41, 5.74) is 0.692. The van der Waals surface area contributed by atoms with Gasteiger partial charge in [0.05, 0.1) is 0 Å². The van der Waals surface area contributed by atoms with Gasteiger partial charge in [0.25, 0.3) is 5.91 Å². The van der Waals surface area contributed by atoms with Crippen molar-refractivity contribution in [2.24, 2.45) is 0 Å². The monoisotopic (exact) mass is 378 g/mol. The van der Waals surface area contributed by atoms with E-state index in [1.165, 1.54) is 0 Å². The molecule has 0 aliphatic carbocycles. The molecule has 0 saturated heterocycles. The minimum absolute atomic E-state index is 0.321. The molecule has 0 radical (unpaired) electrons. The second kappa shape index (κ2) is 9.25. The van der Waals surface area contributed by atoms with Gasteiger partial charge in [-0.1, -0.05) is 25.5 Å². The SMILES string of the molecule is CCCCNC(=O)NC(=O)COC(=O)COc1cccc2c1OC(C)(C)C2. The smallest absolute Gasteiger partial charge is 0.344 e. The zero-order valence-corrected chi connectivity index (χ0v) is 15.9. The van der Waals surface area contributed by atoms with E-state index in [-0.39, 0.29) is 12.2 Å². The van der Waals surface area contributed by atoms with E-state index in [0.29, 0.717) is 18.0 Å². The first-order valence-electron chi connectivity index (χ1n) is 8.98. The summed E-state index contributed by atoms with van der Waals surface area (Å²) in [5, 5.41) is 4.61. The van der Waals surface area contributed by atoms with E-state index in [9.17, 15) is 14.4 Å². The van der Waals surface area contributed by atoms with E-state index in [0.717, 1.165) is 24.8 Å². The van der Waals surface area contributed by atoms with Crippen LogP contribution in [0.2, 0.25) is 0 Å². The predicted octanol–water partition coefficient (Wildman–Crippen LogP) is 1.95. The van der Waals surface area contributed by atoms with Crippen molar-refractivity contribution < 1.29 is 28.6 Å². The normalized spacial score (nSPS) is 13.9. The maximum absolute atomic E-state index is 11.8. The third kappa shape index (κ3) is 6.47. The number of amides is 3. The molecule has 0 bridgehead atoms. The molecule has 1 aliphatic rings. The molecule has 2 N–H and O–H groups in total. The summed E-state index contributed by atoms with van der Waals surface area (Å²) < 4.78 is 16.1. The van der Waals surface area contributed by atoms with Gasteiger partial charge in [-0.05, 0) is 26.3 Å². The predicted molar refractivity (Wildman–Crippen MR) is 97.8 cm³/mol. The highest BCUT2D eigenvalue weighted by atomic mass is 16.6. The molecule has 1 heterocycles. The zero-order chi connectivity index (χ0) is 19.9. The first-order valence-corrected chi connectivity index (χ1v) is 8.98. The van der Waals surface area contributed by atoms with E-state index in [2.05, 4.69) is 10.6 Å². The van der Waals surface area contributed by atoms with Crippen LogP contribution in [0.3, 0.4) is 0 Å². The minimum atomic E-state index is -0.716. The van der Waals surface area contributed by atoms with E-state index >= 15 is 0 Å². The van der Waals surface area contributed by atoms with Crippen molar-refractivity contribution in [3.05, 3.63) is 23.8 Å². The standard InChI is InChI=1S/C19H26N2O6/c1-4-5-9-20-18(24)21-15(22)11-26-16(23)12-25-14-8-6-7-13-10-19(2,3)27-17(13)14/h6-8H,4-5,9-12H2,1-3H3,(H2,20,21,22,24). The number of hydrogen-bond acceptors (Lipinski definition) is 6. The average molecular weight is 378 g/mol. The van der Waals surface area contributed by atoms with Gasteiger partial charge in [-0.2, -0.15) is 0 Å². The first-order chi connectivity index (χ1) is 12.8. The average Bonchev–Trinajstić information content (AvgIpc) is 2.92. The van der Waals surface area contributed by atoms with E-state index in [1.807, 2.05) is 32.9 Å². The summed E-state index contributed by atoms with van der Waals surface area (Å²) in [7, 11) is 0. The summed E-state index contributed by atoms with van der Waals surface area (Å²) >= 11 is 0. The van der Waals surface area contributed by atoms with Crippen molar-refractivity contribution >= 4 is 17.9 Å². The van der Waals surface area contributed by atoms with E-state index < -0.39 is 24.5 Å². The number of imide groups is 1. The van der Waals surface area contributed by atoms with Crippen molar-refractivity contribution in [2.45, 2.75) is 45.6 Å². The minimum Gasteiger partial charge on any atom is -0.483 e. The molecule has 0 saturated carbocycles. The molecule has 27 heavy (non-hydrogen) atoms. The van der Waals surface area contributed by atoms with Gasteiger partial charge < -0.3 is 19.5 Å². The number of para-hydroxylation sites is 1. The number of benzene rings is 1. The van der Waals surface area contributed by atoms with Crippen molar-refractivity contribution in [1.29, 1.82) is 0 Å². The Morgan fingerprint density at radius 1 is 1.22 bits per heavy atom. The van der Waals surface area contributed by atoms with Gasteiger partial charge in [-0.15, -0.1) is 0 Å². The topological polar surface area (TPSA) is 103 Å². The summed E-state index contributed by atoms with van der Waals surface area (Å²) in [5.74, 6) is -0.346. The van der Waals surface area contributed by atoms with Crippen molar-refractivity contribution in [1.82, 2.24) is 10.6 Å². The summed E-state index contributed by atoms with van der Waals surface area (Å²) in [6.07, 6.45) is 2.50. The van der Waals surface area contributed by atoms with Crippen LogP contribution in [0.15, 0.2) is 18.2 Å². The fourth-order valence-electron chi connectivity index (χ4n) is 2.61. The number of unbranched alkanes of at least 4 members (excludes halogenated alkanes) is 1. The molecule has 148 valence electrons. The first kappa shape index (κ1) is 20.5. The van der Waals surface area contributed by atoms with Crippen LogP contribution in [0, 0.1) is 0 Å². The maximum atomic E-state index is 11.8. The quantitative estimate of drug-likeness (QED) is 0.529. The molecule has 8 nitrogen and oxygen atoms in total. The van der Waals surface area contributed by atoms with Gasteiger partial charge in [0, 0.05) is 18.5 Å². The Balaban J connectivity index is 1.72. The molecule has 0 atom stereocenters. The summed E-state index contributed by atoms with van der Waals surface area (Å²) in [6.45, 7) is 5.49. The van der Waals surface area contributed by atoms with Crippen LogP contribution in [0.1, 0.15) is 39.2 Å². The van der Waals surface area contributed by atoms with E-state index in [4.69, 9.17) is 14.2 Å². The lowest BCUT2D eigenvalue weighted by atomic mass is 10.0. The third-order valence-corrected chi connectivity index (χ3v) is 3.83. The number of hydrogen-bond donors (Lipinski definition) is 2. The Morgan fingerprint density at radius 3 is 2.74 bits per heavy atom. The zero-order valence-electron chi connectivity index (χ0n) is 15.9. The van der Waals surface area contributed by atoms with Gasteiger partial charge in [-0.25, -0.2) is 9.59 Å². The lowest BCUT2D eigenvalue weighted by Gasteiger charge is -2.18. The maximum Gasteiger partial charge on any atom is 0.344 e. The van der Waals surface area contributed by atoms with Gasteiger partial charge in [0.15, 0.2) is 24.7 Å². The Bertz CT molecular complexity index is 701. The van der Waals surface area contributed by atoms with Crippen molar-refractivity contribution in [3.8, 4) is 11.5 Å². The van der Waals surface area contributed by atoms with Crippen molar-refractivity contribution in [2.75, 3.05) is 19.8 Å². The molecule has 1 aliphatic heterocycles. The lowest BCUT2D eigenvalue weighted by molar-refractivity contribution is -0.150. The molecule has 0 fully saturated rings. The van der Waals surface area contributed by atoms with Crippen LogP contribution >= 0.6 is 0 Å². The van der Waals surface area contributed by atoms with Gasteiger partial charge in [-0.3, -0.25) is 10.1 Å². The summed E-state index contributed by atoms with van der Waals surface area (Å²) in [6, 6.07) is 4.88. The molecule has 1 aromatic rings. The number of fused-ring (bicyclic) bond motifs is 1. The number of urea groups is 1. The number of carbonyl (C=O) groups is 3. The van der Waals surface area contributed by atoms with Crippen LogP contribution in [0.5, 0.6) is 11.5 Å². The van der Waals surface area contributed by atoms with Crippen LogP contribution in [-0.2, 0) is 20.7 Å². The number of ether oxygens (including phenoxy) is 3. The number of rotatable bonds is 8. The van der Waals surface area contributed by atoms with Gasteiger partial charge in [0.2, 0.25) is 0 Å². The molecule has 0 unspecified atom stereocenters. The Kier molecular flexibility index (Phi) is 7.04. The molecule has 1 aromatic carbocycles. The fraction of sp³-hybridized carbons (Fsp3) is 0.526. The molecule has 0 spiro atoms. The lowest BCUT2D eigenvalue weighted by Crippen LogP contribution is -2.41. The highest BCUT2D eigenvalue weighted by Crippen LogP contribution is 2.41. The van der Waals surface area contributed by atoms with Gasteiger partial charge in [0.1, 0.15) is 5.60 Å². The Labute approximate surface area is 158 Å². The van der Waals surface area contributed by atoms with Crippen LogP contribution < -0.4 is 20.1 Å². The molecule has 0 aromatic heterocycles. The van der Waals surface area contributed by atoms with Crippen LogP contribution in [0.4, 0.5) is 4.79 Å². The highest BCUT2D eigenvalue weighted by molar-refractivity contribution is 5.95. The third-order valence-electron chi connectivity index (χ3n) is 3.83. The second-order valence-electron chi connectivity index (χ2n) is 6.89. The molecular weight excluding hydrogens is 352 g/mol. The number of esters is 1. The fourth-order valence-corrected chi connectivity index (χ4v) is 2.61. The Morgan fingerprint density at radius 2 is 2.00 bits per heavy atom. The summed E-state index contributed by atoms with van der Waals surface area (Å²) in [4.78, 5) is 34.8. The van der Waals surface area contributed by atoms with Gasteiger partial charge >= 0.3 is 12.0 Å². The molecule has 8 heteroatoms. The molecule has 3 amide bonds. The van der Waals surface area contributed by atoms with Crippen molar-refractivity contribution in [3.63, 3.8) is 0 Å². The molecule has 2 rings (SSSR count). The number of carbonyl (C=O) groups excluding carboxylic acids is 3. The number of nitrogens with one attached hydrogen (secondary N) is 2. The van der Waals surface area contributed by atoms with Crippen LogP contribution in [0.25, 0.3) is 0 Å². The van der Waals surface area contributed by atoms with E-state index in [1.54, 1.807) is 6.07 Å². The molecular formula is C19H26N2O6.